The Labute approximate surface area is 195 Å². The van der Waals surface area contributed by atoms with Gasteiger partial charge in [0.05, 0.1) is 30.1 Å². The number of rotatable bonds is 3. The van der Waals surface area contributed by atoms with Crippen LogP contribution in [0.25, 0.3) is 0 Å². The lowest BCUT2D eigenvalue weighted by Gasteiger charge is -2.30. The maximum atomic E-state index is 13.5. The number of anilines is 2. The highest BCUT2D eigenvalue weighted by Gasteiger charge is 2.37. The third kappa shape index (κ3) is 4.14. The predicted molar refractivity (Wildman–Crippen MR) is 125 cm³/mol. The number of nitrogens with one attached hydrogen (secondary N) is 2. The third-order valence-corrected chi connectivity index (χ3v) is 6.47. The lowest BCUT2D eigenvalue weighted by molar-refractivity contribution is -0.137. The van der Waals surface area contributed by atoms with Crippen LogP contribution in [0.1, 0.15) is 41.5 Å². The minimum Gasteiger partial charge on any atom is -0.497 e. The molecule has 5 rings (SSSR count). The number of carbonyl (C=O) groups is 1. The summed E-state index contributed by atoms with van der Waals surface area (Å²) in [4.78, 5) is 13.5. The van der Waals surface area contributed by atoms with Gasteiger partial charge in [0.25, 0.3) is 0 Å². The molecule has 34 heavy (non-hydrogen) atoms. The molecule has 7 heteroatoms. The van der Waals surface area contributed by atoms with E-state index in [2.05, 4.69) is 10.6 Å². The molecule has 0 saturated heterocycles. The number of allylic oxidation sites excluding steroid dienone is 1. The second-order valence-corrected chi connectivity index (χ2v) is 8.56. The highest BCUT2D eigenvalue weighted by molar-refractivity contribution is 6.01. The Hall–Kier alpha value is -3.74. The van der Waals surface area contributed by atoms with Gasteiger partial charge in [-0.1, -0.05) is 36.4 Å². The van der Waals surface area contributed by atoms with Crippen LogP contribution in [-0.4, -0.2) is 12.9 Å². The van der Waals surface area contributed by atoms with Gasteiger partial charge in [0.2, 0.25) is 0 Å². The fraction of sp³-hybridized carbons (Fsp3) is 0.222. The Morgan fingerprint density at radius 1 is 0.853 bits per heavy atom. The molecule has 4 nitrogen and oxygen atoms in total. The lowest BCUT2D eigenvalue weighted by atomic mass is 9.78. The monoisotopic (exact) mass is 464 g/mol. The SMILES string of the molecule is COc1ccc([C@H]2CC(=O)C3=C(C2)Nc2ccccc2N[C@@H]3c2ccc(C(F)(F)F)cc2)cc1. The quantitative estimate of drug-likeness (QED) is 0.453. The largest absolute Gasteiger partial charge is 0.497 e. The summed E-state index contributed by atoms with van der Waals surface area (Å²) in [6.07, 6.45) is -3.48. The van der Waals surface area contributed by atoms with Gasteiger partial charge >= 0.3 is 6.18 Å². The van der Waals surface area contributed by atoms with Gasteiger partial charge in [0.15, 0.2) is 5.78 Å². The number of hydrogen-bond donors (Lipinski definition) is 2. The molecule has 0 fully saturated rings. The first-order chi connectivity index (χ1) is 16.3. The van der Waals surface area contributed by atoms with Crippen molar-refractivity contribution >= 4 is 17.2 Å². The fourth-order valence-electron chi connectivity index (χ4n) is 4.72. The van der Waals surface area contributed by atoms with Crippen LogP contribution < -0.4 is 15.4 Å². The van der Waals surface area contributed by atoms with E-state index in [1.165, 1.54) is 12.1 Å². The van der Waals surface area contributed by atoms with Crippen LogP contribution >= 0.6 is 0 Å². The second kappa shape index (κ2) is 8.56. The highest BCUT2D eigenvalue weighted by Crippen LogP contribution is 2.44. The minimum atomic E-state index is -4.42. The van der Waals surface area contributed by atoms with E-state index in [0.29, 0.717) is 24.0 Å². The number of benzene rings is 3. The lowest BCUT2D eigenvalue weighted by Crippen LogP contribution is -2.27. The first-order valence-electron chi connectivity index (χ1n) is 11.0. The van der Waals surface area contributed by atoms with E-state index in [9.17, 15) is 18.0 Å². The molecule has 0 bridgehead atoms. The van der Waals surface area contributed by atoms with Gasteiger partial charge in [-0.05, 0) is 59.9 Å². The zero-order valence-corrected chi connectivity index (χ0v) is 18.4. The van der Waals surface area contributed by atoms with Crippen molar-refractivity contribution in [2.75, 3.05) is 17.7 Å². The number of ether oxygens (including phenoxy) is 1. The van der Waals surface area contributed by atoms with Crippen LogP contribution in [0.3, 0.4) is 0 Å². The number of alkyl halides is 3. The zero-order chi connectivity index (χ0) is 23.9. The smallest absolute Gasteiger partial charge is 0.416 e. The molecule has 174 valence electrons. The Balaban J connectivity index is 1.55. The molecule has 0 radical (unpaired) electrons. The summed E-state index contributed by atoms with van der Waals surface area (Å²) in [5.74, 6) is 0.710. The standard InChI is InChI=1S/C27H23F3N2O2/c1-34-20-12-8-16(9-13-20)18-14-23-25(24(33)15-18)26(32-22-5-3-2-4-21(22)31-23)17-6-10-19(11-7-17)27(28,29)30/h2-13,18,26,31-32H,14-15H2,1H3/t18-,26-/m1/s1. The summed E-state index contributed by atoms with van der Waals surface area (Å²) < 4.78 is 44.6. The number of para-hydroxylation sites is 2. The van der Waals surface area contributed by atoms with Gasteiger partial charge in [-0.25, -0.2) is 0 Å². The van der Waals surface area contributed by atoms with Crippen molar-refractivity contribution in [2.45, 2.75) is 31.0 Å². The average Bonchev–Trinajstić information content (AvgIpc) is 3.00. The molecule has 1 aliphatic heterocycles. The van der Waals surface area contributed by atoms with Gasteiger partial charge < -0.3 is 15.4 Å². The summed E-state index contributed by atoms with van der Waals surface area (Å²) in [7, 11) is 1.61. The predicted octanol–water partition coefficient (Wildman–Crippen LogP) is 6.69. The summed E-state index contributed by atoms with van der Waals surface area (Å²) in [6, 6.07) is 19.8. The van der Waals surface area contributed by atoms with Crippen LogP contribution in [0, 0.1) is 0 Å². The second-order valence-electron chi connectivity index (χ2n) is 8.56. The number of carbonyl (C=O) groups excluding carboxylic acids is 1. The Bertz CT molecular complexity index is 1250. The first kappa shape index (κ1) is 22.1. The van der Waals surface area contributed by atoms with Gasteiger partial charge in [0, 0.05) is 17.7 Å². The van der Waals surface area contributed by atoms with Crippen LogP contribution in [-0.2, 0) is 11.0 Å². The molecule has 3 aromatic rings. The van der Waals surface area contributed by atoms with Crippen molar-refractivity contribution in [1.29, 1.82) is 0 Å². The first-order valence-corrected chi connectivity index (χ1v) is 11.0. The normalized spacial score (nSPS) is 19.9. The Morgan fingerprint density at radius 2 is 1.50 bits per heavy atom. The summed E-state index contributed by atoms with van der Waals surface area (Å²) in [5.41, 5.74) is 3.91. The molecule has 0 aromatic heterocycles. The molecule has 2 N–H and O–H groups in total. The zero-order valence-electron chi connectivity index (χ0n) is 18.4. The maximum absolute atomic E-state index is 13.5. The minimum absolute atomic E-state index is 0.0110. The van der Waals surface area contributed by atoms with Crippen molar-refractivity contribution < 1.29 is 22.7 Å². The number of methoxy groups -OCH3 is 1. The molecular formula is C27H23F3N2O2. The van der Waals surface area contributed by atoms with E-state index >= 15 is 0 Å². The van der Waals surface area contributed by atoms with E-state index < -0.39 is 17.8 Å². The number of halogens is 3. The van der Waals surface area contributed by atoms with Crippen molar-refractivity contribution in [3.63, 3.8) is 0 Å². The molecule has 1 aliphatic carbocycles. The van der Waals surface area contributed by atoms with E-state index in [1.54, 1.807) is 7.11 Å². The summed E-state index contributed by atoms with van der Waals surface area (Å²) >= 11 is 0. The molecule has 3 aromatic carbocycles. The maximum Gasteiger partial charge on any atom is 0.416 e. The number of ketones is 1. The molecule has 1 heterocycles. The Morgan fingerprint density at radius 3 is 2.15 bits per heavy atom. The van der Waals surface area contributed by atoms with E-state index in [1.807, 2.05) is 48.5 Å². The molecule has 0 saturated carbocycles. The van der Waals surface area contributed by atoms with Gasteiger partial charge in [-0.2, -0.15) is 13.2 Å². The van der Waals surface area contributed by atoms with Crippen molar-refractivity contribution in [1.82, 2.24) is 0 Å². The summed E-state index contributed by atoms with van der Waals surface area (Å²) in [5, 5.41) is 6.84. The van der Waals surface area contributed by atoms with E-state index in [-0.39, 0.29) is 11.7 Å². The van der Waals surface area contributed by atoms with Gasteiger partial charge in [-0.15, -0.1) is 0 Å². The molecule has 0 unspecified atom stereocenters. The van der Waals surface area contributed by atoms with Crippen LogP contribution in [0.4, 0.5) is 24.5 Å². The van der Waals surface area contributed by atoms with Crippen molar-refractivity contribution in [2.24, 2.45) is 0 Å². The number of fused-ring (bicyclic) bond motifs is 1. The highest BCUT2D eigenvalue weighted by atomic mass is 19.4. The topological polar surface area (TPSA) is 50.4 Å². The third-order valence-electron chi connectivity index (χ3n) is 6.47. The van der Waals surface area contributed by atoms with E-state index in [0.717, 1.165) is 40.5 Å². The van der Waals surface area contributed by atoms with Gasteiger partial charge in [-0.3, -0.25) is 4.79 Å². The van der Waals surface area contributed by atoms with E-state index in [4.69, 9.17) is 4.74 Å². The van der Waals surface area contributed by atoms with Crippen molar-refractivity contribution in [3.8, 4) is 5.75 Å². The molecule has 0 amide bonds. The molecule has 0 spiro atoms. The number of hydrogen-bond acceptors (Lipinski definition) is 4. The number of Topliss-reactive ketones (excluding diaryl/α,β-unsaturated/α-hetero) is 1. The fourth-order valence-corrected chi connectivity index (χ4v) is 4.72. The Kier molecular flexibility index (Phi) is 5.55. The average molecular weight is 464 g/mol. The van der Waals surface area contributed by atoms with Crippen LogP contribution in [0.5, 0.6) is 5.75 Å². The van der Waals surface area contributed by atoms with Gasteiger partial charge in [0.1, 0.15) is 5.75 Å². The molecular weight excluding hydrogens is 441 g/mol. The van der Waals surface area contributed by atoms with Crippen molar-refractivity contribution in [3.05, 3.63) is 101 Å². The summed E-state index contributed by atoms with van der Waals surface area (Å²) in [6.45, 7) is 0. The molecule has 2 atom stereocenters. The van der Waals surface area contributed by atoms with Crippen LogP contribution in [0.2, 0.25) is 0 Å². The molecule has 2 aliphatic rings. The van der Waals surface area contributed by atoms with Crippen LogP contribution in [0.15, 0.2) is 84.1 Å².